The Kier molecular flexibility index (Phi) is 13.3. The summed E-state index contributed by atoms with van der Waals surface area (Å²) in [4.78, 5) is 16.3. The van der Waals surface area contributed by atoms with Crippen molar-refractivity contribution in [3.8, 4) is 41.6 Å². The third-order valence-corrected chi connectivity index (χ3v) is 6.73. The Morgan fingerprint density at radius 3 is 1.38 bits per heavy atom. The molecule has 53 heavy (non-hydrogen) atoms. The van der Waals surface area contributed by atoms with Crippen molar-refractivity contribution in [1.82, 2.24) is 19.9 Å². The Balaban J connectivity index is 0.000000178. The van der Waals surface area contributed by atoms with Crippen LogP contribution in [0.4, 0.5) is 30.2 Å². The highest BCUT2D eigenvalue weighted by molar-refractivity contribution is 5.56. The summed E-state index contributed by atoms with van der Waals surface area (Å²) in [5.74, 6) is 15.1. The van der Waals surface area contributed by atoms with Crippen molar-refractivity contribution in [3.05, 3.63) is 171 Å². The van der Waals surface area contributed by atoms with E-state index in [1.54, 1.807) is 42.5 Å². The van der Waals surface area contributed by atoms with E-state index in [0.717, 1.165) is 47.0 Å². The first-order valence-corrected chi connectivity index (χ1v) is 15.7. The average molecular weight is 705 g/mol. The number of pyridine rings is 4. The molecule has 0 radical (unpaired) electrons. The summed E-state index contributed by atoms with van der Waals surface area (Å²) >= 11 is 0. The lowest BCUT2D eigenvalue weighted by atomic mass is 10.1. The lowest BCUT2D eigenvalue weighted by molar-refractivity contribution is 0.582. The highest BCUT2D eigenvalue weighted by atomic mass is 19.1. The fourth-order valence-corrected chi connectivity index (χ4v) is 4.17. The quantitative estimate of drug-likeness (QED) is 0.146. The minimum absolute atomic E-state index is 0.246. The number of benzene rings is 2. The molecular weight excluding hydrogens is 674 g/mol. The minimum atomic E-state index is -0.663. The van der Waals surface area contributed by atoms with Crippen molar-refractivity contribution in [3.63, 3.8) is 0 Å². The van der Waals surface area contributed by atoms with Gasteiger partial charge < -0.3 is 17.2 Å². The molecule has 260 valence electrons. The maximum atomic E-state index is 12.9. The zero-order valence-electron chi connectivity index (χ0n) is 28.8. The number of hydrogen-bond acceptors (Lipinski definition) is 8. The maximum absolute atomic E-state index is 12.9. The molecule has 0 aliphatic carbocycles. The van der Waals surface area contributed by atoms with Gasteiger partial charge in [0.1, 0.15) is 34.5 Å². The summed E-state index contributed by atoms with van der Waals surface area (Å²) < 4.78 is 38.8. The Bertz CT molecular complexity index is 2490. The highest BCUT2D eigenvalue weighted by Crippen LogP contribution is 2.12. The number of nitriles is 1. The molecule has 0 saturated carbocycles. The van der Waals surface area contributed by atoms with Gasteiger partial charge in [-0.1, -0.05) is 23.8 Å². The smallest absolute Gasteiger partial charge is 0.142 e. The fourth-order valence-electron chi connectivity index (χ4n) is 4.17. The molecule has 0 atom stereocenters. The second kappa shape index (κ2) is 18.4. The van der Waals surface area contributed by atoms with Crippen LogP contribution in [0, 0.1) is 85.1 Å². The molecule has 0 fully saturated rings. The SMILES string of the molecule is Cc1ccc(N)c(C#Cc2cc(F)cc(F)c2)n1.Cc1ccc(N)c(C#Cc2cccc(C#N)c2)n1.Cc1ccc(N)c(C#Cc2cncc(F)c2)n1. The van der Waals surface area contributed by atoms with Gasteiger partial charge >= 0.3 is 0 Å². The molecule has 8 nitrogen and oxygen atoms in total. The zero-order chi connectivity index (χ0) is 38.3. The maximum Gasteiger partial charge on any atom is 0.142 e. The second-order valence-electron chi connectivity index (χ2n) is 11.2. The van der Waals surface area contributed by atoms with Crippen LogP contribution < -0.4 is 17.2 Å². The number of nitrogens with two attached hydrogens (primary N) is 3. The van der Waals surface area contributed by atoms with Gasteiger partial charge in [0.05, 0.1) is 34.9 Å². The van der Waals surface area contributed by atoms with Crippen LogP contribution in [0.2, 0.25) is 0 Å². The molecule has 4 heterocycles. The van der Waals surface area contributed by atoms with Crippen molar-refractivity contribution in [2.45, 2.75) is 20.8 Å². The van der Waals surface area contributed by atoms with Crippen LogP contribution >= 0.6 is 0 Å². The number of anilines is 3. The zero-order valence-corrected chi connectivity index (χ0v) is 28.8. The molecule has 0 bridgehead atoms. The molecule has 0 aliphatic rings. The van der Waals surface area contributed by atoms with Crippen LogP contribution in [0.15, 0.2) is 97.3 Å². The Hall–Kier alpha value is -7.60. The number of rotatable bonds is 0. The molecule has 0 aliphatic heterocycles. The van der Waals surface area contributed by atoms with Crippen LogP contribution in [0.25, 0.3) is 0 Å². The van der Waals surface area contributed by atoms with Crippen LogP contribution in [-0.2, 0) is 0 Å². The van der Waals surface area contributed by atoms with Gasteiger partial charge in [0.25, 0.3) is 0 Å². The Morgan fingerprint density at radius 1 is 0.472 bits per heavy atom. The Labute approximate surface area is 305 Å². The average Bonchev–Trinajstić information content (AvgIpc) is 3.13. The summed E-state index contributed by atoms with van der Waals surface area (Å²) in [6.07, 6.45) is 2.62. The van der Waals surface area contributed by atoms with Gasteiger partial charge in [-0.25, -0.2) is 28.1 Å². The Morgan fingerprint density at radius 2 is 0.906 bits per heavy atom. The molecular formula is C42H31F3N8. The fraction of sp³-hybridized carbons (Fsp3) is 0.0714. The molecule has 6 N–H and O–H groups in total. The molecule has 0 saturated heterocycles. The van der Waals surface area contributed by atoms with E-state index < -0.39 is 17.5 Å². The first-order valence-electron chi connectivity index (χ1n) is 15.7. The van der Waals surface area contributed by atoms with E-state index in [-0.39, 0.29) is 5.56 Å². The number of nitrogen functional groups attached to an aromatic ring is 3. The van der Waals surface area contributed by atoms with Crippen LogP contribution in [0.5, 0.6) is 0 Å². The first kappa shape index (κ1) is 38.2. The molecule has 6 aromatic rings. The van der Waals surface area contributed by atoms with Crippen LogP contribution in [0.3, 0.4) is 0 Å². The number of aryl methyl sites for hydroxylation is 3. The molecule has 0 amide bonds. The molecule has 6 rings (SSSR count). The summed E-state index contributed by atoms with van der Waals surface area (Å²) in [5, 5.41) is 8.80. The lowest BCUT2D eigenvalue weighted by Gasteiger charge is -1.98. The topological polar surface area (TPSA) is 153 Å². The van der Waals surface area contributed by atoms with E-state index in [0.29, 0.717) is 45.3 Å². The van der Waals surface area contributed by atoms with E-state index >= 15 is 0 Å². The monoisotopic (exact) mass is 704 g/mol. The third kappa shape index (κ3) is 12.3. The normalized spacial score (nSPS) is 9.45. The van der Waals surface area contributed by atoms with E-state index in [1.165, 1.54) is 12.3 Å². The van der Waals surface area contributed by atoms with Crippen molar-refractivity contribution >= 4 is 17.1 Å². The molecule has 4 aromatic heterocycles. The second-order valence-corrected chi connectivity index (χ2v) is 11.2. The van der Waals surface area contributed by atoms with Gasteiger partial charge in [0.15, 0.2) is 0 Å². The molecule has 0 spiro atoms. The molecule has 2 aromatic carbocycles. The van der Waals surface area contributed by atoms with Crippen molar-refractivity contribution in [2.24, 2.45) is 0 Å². The van der Waals surface area contributed by atoms with E-state index in [1.807, 2.05) is 39.0 Å². The van der Waals surface area contributed by atoms with Gasteiger partial charge in [-0.05, 0) is 111 Å². The predicted octanol–water partition coefficient (Wildman–Crippen LogP) is 6.80. The summed E-state index contributed by atoms with van der Waals surface area (Å²) in [5.41, 5.74) is 24.8. The lowest BCUT2D eigenvalue weighted by Crippen LogP contribution is -1.95. The number of hydrogen-bond donors (Lipinski definition) is 3. The van der Waals surface area contributed by atoms with Gasteiger partial charge in [0, 0.05) is 46.0 Å². The molecule has 0 unspecified atom stereocenters. The van der Waals surface area contributed by atoms with E-state index in [4.69, 9.17) is 22.5 Å². The van der Waals surface area contributed by atoms with Crippen molar-refractivity contribution < 1.29 is 13.2 Å². The minimum Gasteiger partial charge on any atom is -0.396 e. The first-order chi connectivity index (χ1) is 25.4. The summed E-state index contributed by atoms with van der Waals surface area (Å²) in [6.45, 7) is 5.56. The number of halogens is 3. The largest absolute Gasteiger partial charge is 0.396 e. The van der Waals surface area contributed by atoms with Crippen LogP contribution in [0.1, 0.15) is 56.4 Å². The predicted molar refractivity (Wildman–Crippen MR) is 200 cm³/mol. The number of nitrogens with zero attached hydrogens (tertiary/aromatic N) is 5. The van der Waals surface area contributed by atoms with Gasteiger partial charge in [-0.2, -0.15) is 5.26 Å². The van der Waals surface area contributed by atoms with E-state index in [2.05, 4.69) is 61.5 Å². The summed E-state index contributed by atoms with van der Waals surface area (Å²) in [6, 6.07) is 24.3. The van der Waals surface area contributed by atoms with Gasteiger partial charge in [-0.3, -0.25) is 4.98 Å². The van der Waals surface area contributed by atoms with Gasteiger partial charge in [0.2, 0.25) is 0 Å². The standard InChI is InChI=1S/C15H11N3.C14H10F2N2.C13H10FN3/c1-11-5-7-14(17)15(18-11)8-6-12-3-2-4-13(9-12)10-16;1-9-2-4-13(17)14(18-9)5-3-10-6-11(15)8-12(16)7-10;1-9-2-4-12(15)13(17-9)5-3-10-6-11(14)8-16-7-10/h2-5,7,9H,17H2,1H3;2,4,6-8H,17H2,1H3;2,4,6-8H,15H2,1H3. The highest BCUT2D eigenvalue weighted by Gasteiger charge is 2.01. The van der Waals surface area contributed by atoms with Crippen molar-refractivity contribution in [1.29, 1.82) is 5.26 Å². The number of aromatic nitrogens is 4. The van der Waals surface area contributed by atoms with Gasteiger partial charge in [-0.15, -0.1) is 0 Å². The summed E-state index contributed by atoms with van der Waals surface area (Å²) in [7, 11) is 0. The van der Waals surface area contributed by atoms with Crippen molar-refractivity contribution in [2.75, 3.05) is 17.2 Å². The van der Waals surface area contributed by atoms with Crippen LogP contribution in [-0.4, -0.2) is 19.9 Å². The van der Waals surface area contributed by atoms with E-state index in [9.17, 15) is 13.2 Å². The molecule has 11 heteroatoms. The third-order valence-electron chi connectivity index (χ3n) is 6.73.